The topological polar surface area (TPSA) is 63.9 Å². The Kier molecular flexibility index (Phi) is 4.43. The summed E-state index contributed by atoms with van der Waals surface area (Å²) in [4.78, 5) is 8.22. The smallest absolute Gasteiger partial charge is 0.233 e. The third kappa shape index (κ3) is 4.76. The van der Waals surface area contributed by atoms with E-state index in [9.17, 15) is 0 Å². The number of nitrogens with zero attached hydrogens (tertiary/aromatic N) is 1. The number of ether oxygens (including phenoxy) is 1. The van der Waals surface area contributed by atoms with Crippen LogP contribution < -0.4 is 0 Å². The molecule has 0 aromatic rings. The Morgan fingerprint density at radius 2 is 2.33 bits per heavy atom. The first-order chi connectivity index (χ1) is 4.31. The lowest BCUT2D eigenvalue weighted by molar-refractivity contribution is -0.274. The molecule has 0 spiro atoms. The molecule has 5 nitrogen and oxygen atoms in total. The van der Waals surface area contributed by atoms with Gasteiger partial charge < -0.3 is 4.74 Å². The number of oxime groups is 1. The van der Waals surface area contributed by atoms with Gasteiger partial charge in [0.2, 0.25) is 5.90 Å². The number of nitrogens with one attached hydrogen (secondary N) is 1. The van der Waals surface area contributed by atoms with Crippen molar-refractivity contribution in [2.75, 3.05) is 7.11 Å². The second-order valence-corrected chi connectivity index (χ2v) is 1.09. The van der Waals surface area contributed by atoms with Gasteiger partial charge in [0, 0.05) is 6.92 Å². The van der Waals surface area contributed by atoms with Gasteiger partial charge in [0.25, 0.3) is 0 Å². The van der Waals surface area contributed by atoms with Gasteiger partial charge in [-0.25, -0.2) is 4.99 Å². The summed E-state index contributed by atoms with van der Waals surface area (Å²) >= 11 is 0. The van der Waals surface area contributed by atoms with Crippen LogP contribution in [0.4, 0.5) is 0 Å². The summed E-state index contributed by atoms with van der Waals surface area (Å²) in [5, 5.41) is 9.70. The number of hydrogen-bond acceptors (Lipinski definition) is 5. The van der Waals surface area contributed by atoms with Crippen molar-refractivity contribution in [1.82, 2.24) is 0 Å². The molecule has 52 valence electrons. The minimum absolute atomic E-state index is 0.215. The van der Waals surface area contributed by atoms with Gasteiger partial charge in [-0.3, -0.25) is 5.41 Å². The molecule has 0 aliphatic rings. The van der Waals surface area contributed by atoms with E-state index >= 15 is 0 Å². The summed E-state index contributed by atoms with van der Waals surface area (Å²) in [6.45, 7) is 1.53. The Bertz CT molecular complexity index is 112. The lowest BCUT2D eigenvalue weighted by Crippen LogP contribution is -1.97. The normalized spacial score (nSPS) is 10.7. The van der Waals surface area contributed by atoms with Crippen LogP contribution in [0.3, 0.4) is 0 Å². The van der Waals surface area contributed by atoms with E-state index in [2.05, 4.69) is 19.8 Å². The van der Waals surface area contributed by atoms with E-state index < -0.39 is 0 Å². The Labute approximate surface area is 52.6 Å². The predicted octanol–water partition coefficient (Wildman–Crippen LogP) is 0.521. The van der Waals surface area contributed by atoms with E-state index in [1.54, 1.807) is 0 Å². The molecular formula is C4H8N2O3. The van der Waals surface area contributed by atoms with E-state index in [0.717, 1.165) is 6.40 Å². The minimum atomic E-state index is 0.215. The molecule has 0 aliphatic carbocycles. The standard InChI is InChI=1S/C4H8N2O3/c1-4(8-3-5)6-9-7-2/h3,5H,1-2H3/b5-3?,6-4-. The molecule has 0 saturated carbocycles. The van der Waals surface area contributed by atoms with Gasteiger partial charge in [-0.2, -0.15) is 4.89 Å². The molecule has 0 aromatic heterocycles. The van der Waals surface area contributed by atoms with E-state index in [1.165, 1.54) is 14.0 Å². The predicted molar refractivity (Wildman–Crippen MR) is 31.1 cm³/mol. The van der Waals surface area contributed by atoms with Crippen molar-refractivity contribution in [1.29, 1.82) is 5.41 Å². The largest absolute Gasteiger partial charge is 0.429 e. The average molecular weight is 132 g/mol. The fourth-order valence-corrected chi connectivity index (χ4v) is 0.197. The highest BCUT2D eigenvalue weighted by Crippen LogP contribution is 1.80. The van der Waals surface area contributed by atoms with E-state index in [-0.39, 0.29) is 5.90 Å². The van der Waals surface area contributed by atoms with Crippen molar-refractivity contribution in [3.05, 3.63) is 0 Å². The molecule has 0 aliphatic heterocycles. The minimum Gasteiger partial charge on any atom is -0.429 e. The van der Waals surface area contributed by atoms with Crippen molar-refractivity contribution in [3.63, 3.8) is 0 Å². The highest BCUT2D eigenvalue weighted by atomic mass is 17.3. The SMILES string of the molecule is COO/N=C(/C)OC=N. The Balaban J connectivity index is 3.42. The van der Waals surface area contributed by atoms with Crippen molar-refractivity contribution in [2.45, 2.75) is 6.92 Å². The quantitative estimate of drug-likeness (QED) is 0.263. The summed E-state index contributed by atoms with van der Waals surface area (Å²) in [7, 11) is 1.32. The van der Waals surface area contributed by atoms with Gasteiger partial charge in [0.05, 0.1) is 7.11 Å². The summed E-state index contributed by atoms with van der Waals surface area (Å²) in [5.74, 6) is 0.215. The van der Waals surface area contributed by atoms with Gasteiger partial charge in [-0.05, 0) is 5.16 Å². The third-order valence-corrected chi connectivity index (χ3v) is 0.470. The molecule has 0 fully saturated rings. The Morgan fingerprint density at radius 3 is 2.78 bits per heavy atom. The van der Waals surface area contributed by atoms with E-state index in [1.807, 2.05) is 0 Å². The van der Waals surface area contributed by atoms with Crippen LogP contribution in [0.2, 0.25) is 0 Å². The number of rotatable bonds is 3. The molecule has 1 N–H and O–H groups in total. The molecule has 5 heteroatoms. The van der Waals surface area contributed by atoms with E-state index in [4.69, 9.17) is 5.41 Å². The third-order valence-electron chi connectivity index (χ3n) is 0.470. The summed E-state index contributed by atoms with van der Waals surface area (Å²) in [6, 6.07) is 0. The monoisotopic (exact) mass is 132 g/mol. The second kappa shape index (κ2) is 5.04. The maximum atomic E-state index is 6.44. The molecule has 0 rings (SSSR count). The second-order valence-electron chi connectivity index (χ2n) is 1.09. The van der Waals surface area contributed by atoms with Gasteiger partial charge >= 0.3 is 0 Å². The van der Waals surface area contributed by atoms with E-state index in [0.29, 0.717) is 0 Å². The van der Waals surface area contributed by atoms with Crippen LogP contribution in [0.5, 0.6) is 0 Å². The van der Waals surface area contributed by atoms with Crippen LogP contribution in [0, 0.1) is 5.41 Å². The lowest BCUT2D eigenvalue weighted by atomic mass is 10.8. The first-order valence-corrected chi connectivity index (χ1v) is 2.21. The zero-order valence-corrected chi connectivity index (χ0v) is 5.25. The van der Waals surface area contributed by atoms with Crippen LogP contribution >= 0.6 is 0 Å². The average Bonchev–Trinajstić information content (AvgIpc) is 1.85. The first-order valence-electron chi connectivity index (χ1n) is 2.21. The zero-order chi connectivity index (χ0) is 7.11. The molecule has 0 aromatic carbocycles. The molecule has 0 bridgehead atoms. The summed E-state index contributed by atoms with van der Waals surface area (Å²) in [6.07, 6.45) is 0.748. The molecule has 0 heterocycles. The van der Waals surface area contributed by atoms with Crippen LogP contribution in [0.1, 0.15) is 6.92 Å². The number of hydrogen-bond donors (Lipinski definition) is 1. The molecule has 0 amide bonds. The molecule has 0 radical (unpaired) electrons. The Morgan fingerprint density at radius 1 is 1.67 bits per heavy atom. The Hall–Kier alpha value is -1.10. The van der Waals surface area contributed by atoms with Crippen molar-refractivity contribution >= 4 is 12.3 Å². The molecular weight excluding hydrogens is 124 g/mol. The molecule has 9 heavy (non-hydrogen) atoms. The fourth-order valence-electron chi connectivity index (χ4n) is 0.197. The van der Waals surface area contributed by atoms with Crippen molar-refractivity contribution in [2.24, 2.45) is 5.16 Å². The zero-order valence-electron chi connectivity index (χ0n) is 5.25. The molecule has 0 atom stereocenters. The fraction of sp³-hybridized carbons (Fsp3) is 0.500. The first kappa shape index (κ1) is 7.90. The maximum Gasteiger partial charge on any atom is 0.233 e. The maximum absolute atomic E-state index is 6.44. The van der Waals surface area contributed by atoms with Gasteiger partial charge in [-0.1, -0.05) is 0 Å². The van der Waals surface area contributed by atoms with Crippen LogP contribution in [-0.4, -0.2) is 19.4 Å². The lowest BCUT2D eigenvalue weighted by Gasteiger charge is -1.93. The van der Waals surface area contributed by atoms with Crippen LogP contribution in [0.15, 0.2) is 5.16 Å². The van der Waals surface area contributed by atoms with Gasteiger partial charge in [0.15, 0.2) is 6.40 Å². The van der Waals surface area contributed by atoms with Crippen LogP contribution in [0.25, 0.3) is 0 Å². The molecule has 0 unspecified atom stereocenters. The van der Waals surface area contributed by atoms with Gasteiger partial charge in [-0.15, -0.1) is 0 Å². The highest BCUT2D eigenvalue weighted by Gasteiger charge is 1.85. The summed E-state index contributed by atoms with van der Waals surface area (Å²) in [5.41, 5.74) is 0. The molecule has 0 saturated heterocycles. The highest BCUT2D eigenvalue weighted by molar-refractivity contribution is 5.79. The van der Waals surface area contributed by atoms with Crippen LogP contribution in [-0.2, 0) is 14.6 Å². The summed E-state index contributed by atoms with van der Waals surface area (Å²) < 4.78 is 4.43. The van der Waals surface area contributed by atoms with Gasteiger partial charge in [0.1, 0.15) is 0 Å². The van der Waals surface area contributed by atoms with Crippen molar-refractivity contribution < 1.29 is 14.6 Å². The van der Waals surface area contributed by atoms with Crippen molar-refractivity contribution in [3.8, 4) is 0 Å².